The number of rotatable bonds is 9. The number of hydrogen-bond acceptors (Lipinski definition) is 8. The van der Waals surface area contributed by atoms with Gasteiger partial charge < -0.3 is 19.0 Å². The number of aromatic nitrogens is 3. The smallest absolute Gasteiger partial charge is 0.333 e. The number of para-hydroxylation sites is 1. The summed E-state index contributed by atoms with van der Waals surface area (Å²) in [4.78, 5) is 44.7. The van der Waals surface area contributed by atoms with E-state index in [1.165, 1.54) is 42.2 Å². The highest BCUT2D eigenvalue weighted by Gasteiger charge is 2.36. The van der Waals surface area contributed by atoms with Gasteiger partial charge in [-0.15, -0.1) is 11.3 Å². The van der Waals surface area contributed by atoms with Crippen LogP contribution < -0.4 is 16.0 Å². The van der Waals surface area contributed by atoms with Gasteiger partial charge in [0.25, 0.3) is 5.56 Å². The summed E-state index contributed by atoms with van der Waals surface area (Å²) in [6.45, 7) is 6.59. The van der Waals surface area contributed by atoms with Gasteiger partial charge in [0.2, 0.25) is 5.89 Å². The predicted octanol–water partition coefficient (Wildman–Crippen LogP) is 3.79. The van der Waals surface area contributed by atoms with Gasteiger partial charge in [0, 0.05) is 12.2 Å². The second-order valence-corrected chi connectivity index (χ2v) is 9.66. The molecule has 0 saturated heterocycles. The number of carboxylic acids is 1. The van der Waals surface area contributed by atoms with Crippen molar-refractivity contribution in [1.29, 1.82) is 0 Å². The largest absolute Gasteiger partial charge is 0.496 e. The number of fused-ring (bicyclic) bond motifs is 1. The highest BCUT2D eigenvalue weighted by molar-refractivity contribution is 7.22. The molecule has 0 aliphatic rings. The van der Waals surface area contributed by atoms with Gasteiger partial charge in [-0.2, -0.15) is 0 Å². The number of hydrogen-bond donors (Lipinski definition) is 1. The van der Waals surface area contributed by atoms with Crippen molar-refractivity contribution < 1.29 is 23.8 Å². The minimum Gasteiger partial charge on any atom is -0.496 e. The van der Waals surface area contributed by atoms with Crippen molar-refractivity contribution in [3.05, 3.63) is 68.7 Å². The summed E-state index contributed by atoms with van der Waals surface area (Å²) in [7, 11) is 1.55. The molecule has 3 aromatic heterocycles. The van der Waals surface area contributed by atoms with E-state index >= 15 is 0 Å². The lowest BCUT2D eigenvalue weighted by Gasteiger charge is -2.25. The molecule has 3 heterocycles. The van der Waals surface area contributed by atoms with E-state index in [0.29, 0.717) is 33.5 Å². The molecule has 1 N–H and O–H groups in total. The van der Waals surface area contributed by atoms with Crippen LogP contribution in [0.5, 0.6) is 5.75 Å². The number of methoxy groups -OCH3 is 1. The lowest BCUT2D eigenvalue weighted by Crippen LogP contribution is -2.52. The summed E-state index contributed by atoms with van der Waals surface area (Å²) in [5.74, 6) is -0.413. The monoisotopic (exact) mass is 513 g/mol. The fourth-order valence-electron chi connectivity index (χ4n) is 4.18. The van der Waals surface area contributed by atoms with Crippen molar-refractivity contribution in [2.24, 2.45) is 0 Å². The van der Waals surface area contributed by atoms with E-state index in [9.17, 15) is 19.5 Å². The normalized spacial score (nSPS) is 12.7. The molecule has 0 aliphatic carbocycles. The molecule has 0 radical (unpaired) electrons. The van der Waals surface area contributed by atoms with E-state index in [-0.39, 0.29) is 11.9 Å². The van der Waals surface area contributed by atoms with Crippen molar-refractivity contribution >= 4 is 27.5 Å². The molecule has 0 aliphatic heterocycles. The number of oxazole rings is 1. The highest BCUT2D eigenvalue weighted by Crippen LogP contribution is 2.37. The van der Waals surface area contributed by atoms with Gasteiger partial charge in [-0.25, -0.2) is 19.1 Å². The second kappa shape index (κ2) is 9.75. The van der Waals surface area contributed by atoms with E-state index in [1.54, 1.807) is 20.1 Å². The Bertz CT molecular complexity index is 1530. The van der Waals surface area contributed by atoms with Crippen molar-refractivity contribution in [3.63, 3.8) is 0 Å². The number of aryl methyl sites for hydroxylation is 1. The van der Waals surface area contributed by atoms with Gasteiger partial charge >= 0.3 is 11.7 Å². The third-order valence-electron chi connectivity index (χ3n) is 6.12. The Hall–Kier alpha value is -3.70. The number of benzene rings is 1. The van der Waals surface area contributed by atoms with E-state index in [0.717, 1.165) is 10.1 Å². The zero-order valence-corrected chi connectivity index (χ0v) is 21.4. The van der Waals surface area contributed by atoms with Gasteiger partial charge in [-0.3, -0.25) is 9.36 Å². The van der Waals surface area contributed by atoms with Gasteiger partial charge in [-0.05, 0) is 39.3 Å². The summed E-state index contributed by atoms with van der Waals surface area (Å²) in [6, 6.07) is 7.31. The minimum atomic E-state index is -1.80. The quantitative estimate of drug-likeness (QED) is 0.358. The van der Waals surface area contributed by atoms with Crippen molar-refractivity contribution in [1.82, 2.24) is 14.1 Å². The Morgan fingerprint density at radius 1 is 1.28 bits per heavy atom. The van der Waals surface area contributed by atoms with E-state index in [1.807, 2.05) is 25.1 Å². The van der Waals surface area contributed by atoms with Crippen LogP contribution in [0.4, 0.5) is 0 Å². The van der Waals surface area contributed by atoms with Crippen LogP contribution in [-0.4, -0.2) is 38.9 Å². The van der Waals surface area contributed by atoms with Crippen LogP contribution in [0.2, 0.25) is 0 Å². The molecule has 0 amide bonds. The number of carboxylic acid groups (broad SMARTS) is 1. The maximum absolute atomic E-state index is 13.8. The summed E-state index contributed by atoms with van der Waals surface area (Å²) in [5.41, 5.74) is -1.96. The molecule has 0 spiro atoms. The lowest BCUT2D eigenvalue weighted by molar-refractivity contribution is -0.146. The molecule has 0 fully saturated rings. The van der Waals surface area contributed by atoms with Crippen LogP contribution in [0.1, 0.15) is 38.0 Å². The van der Waals surface area contributed by atoms with E-state index in [2.05, 4.69) is 4.98 Å². The summed E-state index contributed by atoms with van der Waals surface area (Å²) < 4.78 is 19.2. The zero-order valence-electron chi connectivity index (χ0n) is 20.6. The molecule has 0 saturated carbocycles. The Kier molecular flexibility index (Phi) is 6.87. The molecule has 10 nitrogen and oxygen atoms in total. The molecule has 0 bridgehead atoms. The average molecular weight is 514 g/mol. The SMILES string of the molecule is CCO[C@@H](Cn1c(=O)n(C(C)(C)C(=O)O)c(=O)c2c(C)c(-c3ncco3)sc21)c1ccccc1OC. The topological polar surface area (TPSA) is 126 Å². The Labute approximate surface area is 210 Å². The number of thiophene rings is 1. The molecule has 1 aromatic carbocycles. The first-order valence-electron chi connectivity index (χ1n) is 11.3. The third-order valence-corrected chi connectivity index (χ3v) is 7.43. The standard InChI is InChI=1S/C25H27N3O7S/c1-6-34-17(15-9-7-8-10-16(15)33-5)13-27-22-18(14(2)19(36-22)20-26-11-12-35-20)21(29)28(24(27)32)25(3,4)23(30)31/h7-12,17H,6,13H2,1-5H3,(H,30,31)/t17-/m0/s1. The maximum Gasteiger partial charge on any atom is 0.333 e. The Balaban J connectivity index is 2.05. The van der Waals surface area contributed by atoms with Gasteiger partial charge in [0.05, 0.1) is 30.1 Å². The van der Waals surface area contributed by atoms with Gasteiger partial charge in [0.15, 0.2) is 0 Å². The van der Waals surface area contributed by atoms with Crippen LogP contribution in [0.15, 0.2) is 50.7 Å². The van der Waals surface area contributed by atoms with Crippen molar-refractivity contribution in [2.75, 3.05) is 13.7 Å². The first kappa shape index (κ1) is 25.4. The molecular formula is C25H27N3O7S. The predicted molar refractivity (Wildman–Crippen MR) is 135 cm³/mol. The van der Waals surface area contributed by atoms with Gasteiger partial charge in [0.1, 0.15) is 28.5 Å². The molecule has 11 heteroatoms. The van der Waals surface area contributed by atoms with Crippen LogP contribution in [0.25, 0.3) is 21.0 Å². The highest BCUT2D eigenvalue weighted by atomic mass is 32.1. The second-order valence-electron chi connectivity index (χ2n) is 8.66. The molecule has 1 atom stereocenters. The number of carbonyl (C=O) groups is 1. The maximum atomic E-state index is 13.8. The first-order chi connectivity index (χ1) is 17.1. The molecule has 4 aromatic rings. The Morgan fingerprint density at radius 2 is 2.00 bits per heavy atom. The fraction of sp³-hybridized carbons (Fsp3) is 0.360. The van der Waals surface area contributed by atoms with Crippen LogP contribution in [0, 0.1) is 6.92 Å². The van der Waals surface area contributed by atoms with Crippen molar-refractivity contribution in [2.45, 2.75) is 45.9 Å². The number of ether oxygens (including phenoxy) is 2. The fourth-order valence-corrected chi connectivity index (χ4v) is 5.42. The third kappa shape index (κ3) is 4.14. The molecule has 190 valence electrons. The number of nitrogens with zero attached hydrogens (tertiary/aromatic N) is 3. The van der Waals surface area contributed by atoms with Gasteiger partial charge in [-0.1, -0.05) is 18.2 Å². The lowest BCUT2D eigenvalue weighted by atomic mass is 10.1. The molecule has 36 heavy (non-hydrogen) atoms. The molecule has 0 unspecified atom stereocenters. The Morgan fingerprint density at radius 3 is 2.61 bits per heavy atom. The van der Waals surface area contributed by atoms with E-state index in [4.69, 9.17) is 13.9 Å². The molecular weight excluding hydrogens is 486 g/mol. The average Bonchev–Trinajstić information content (AvgIpc) is 3.49. The zero-order chi connectivity index (χ0) is 26.2. The van der Waals surface area contributed by atoms with Crippen molar-refractivity contribution in [3.8, 4) is 16.5 Å². The molecule has 4 rings (SSSR count). The summed E-state index contributed by atoms with van der Waals surface area (Å²) >= 11 is 1.19. The number of aliphatic carboxylic acids is 1. The van der Waals surface area contributed by atoms with E-state index < -0.39 is 28.9 Å². The summed E-state index contributed by atoms with van der Waals surface area (Å²) in [5, 5.41) is 10.1. The van der Waals surface area contributed by atoms with Crippen LogP contribution >= 0.6 is 11.3 Å². The minimum absolute atomic E-state index is 0.0184. The first-order valence-corrected chi connectivity index (χ1v) is 12.1. The summed E-state index contributed by atoms with van der Waals surface area (Å²) in [6.07, 6.45) is 2.30. The van der Waals surface area contributed by atoms with Crippen LogP contribution in [0.3, 0.4) is 0 Å². The van der Waals surface area contributed by atoms with Crippen LogP contribution in [-0.2, 0) is 21.6 Å².